The van der Waals surface area contributed by atoms with Crippen molar-refractivity contribution in [2.75, 3.05) is 26.3 Å². The van der Waals surface area contributed by atoms with E-state index in [1.807, 2.05) is 62.4 Å². The Balaban J connectivity index is 1.05. The van der Waals surface area contributed by atoms with Crippen molar-refractivity contribution in [3.05, 3.63) is 94.5 Å². The summed E-state index contributed by atoms with van der Waals surface area (Å²) in [5.41, 5.74) is 5.45. The van der Waals surface area contributed by atoms with Crippen LogP contribution in [0.15, 0.2) is 66.7 Å². The third-order valence-corrected chi connectivity index (χ3v) is 6.72. The van der Waals surface area contributed by atoms with Crippen molar-refractivity contribution < 1.29 is 28.5 Å². The number of amides is 1. The average molecular weight is 518 g/mol. The van der Waals surface area contributed by atoms with Crippen LogP contribution in [-0.4, -0.2) is 43.1 Å². The minimum atomic E-state index is -0.633. The molecule has 2 heterocycles. The molecule has 0 bridgehead atoms. The maximum Gasteiger partial charge on any atom is 0.410 e. The Bertz CT molecular complexity index is 1260. The van der Waals surface area contributed by atoms with Crippen molar-refractivity contribution in [2.45, 2.75) is 52.3 Å². The number of nitrogens with zero attached hydrogens (tertiary/aromatic N) is 1. The molecule has 0 N–H and O–H groups in total. The van der Waals surface area contributed by atoms with E-state index in [1.165, 1.54) is 11.1 Å². The Morgan fingerprint density at radius 3 is 2.66 bits per heavy atom. The summed E-state index contributed by atoms with van der Waals surface area (Å²) in [7, 11) is 0. The van der Waals surface area contributed by atoms with Gasteiger partial charge in [-0.1, -0.05) is 48.0 Å². The van der Waals surface area contributed by atoms with Crippen LogP contribution in [0.4, 0.5) is 4.79 Å². The van der Waals surface area contributed by atoms with Gasteiger partial charge >= 0.3 is 6.09 Å². The molecule has 38 heavy (non-hydrogen) atoms. The Morgan fingerprint density at radius 1 is 1.00 bits per heavy atom. The van der Waals surface area contributed by atoms with Crippen molar-refractivity contribution >= 4 is 6.09 Å². The van der Waals surface area contributed by atoms with Gasteiger partial charge in [-0.25, -0.2) is 4.79 Å². The lowest BCUT2D eigenvalue weighted by Crippen LogP contribution is -2.35. The fraction of sp³-hybridized carbons (Fsp3) is 0.387. The Hall–Kier alpha value is -3.55. The first kappa shape index (κ1) is 26.1. The Morgan fingerprint density at radius 2 is 1.84 bits per heavy atom. The van der Waals surface area contributed by atoms with Gasteiger partial charge in [0.1, 0.15) is 24.2 Å². The summed E-state index contributed by atoms with van der Waals surface area (Å²) in [6.07, 6.45) is 0.154. The van der Waals surface area contributed by atoms with Crippen LogP contribution < -0.4 is 9.47 Å². The average Bonchev–Trinajstić information content (AvgIpc) is 3.27. The zero-order valence-corrected chi connectivity index (χ0v) is 22.3. The van der Waals surface area contributed by atoms with E-state index < -0.39 is 5.79 Å². The fourth-order valence-electron chi connectivity index (χ4n) is 4.65. The van der Waals surface area contributed by atoms with Crippen LogP contribution in [0.2, 0.25) is 0 Å². The molecule has 200 valence electrons. The summed E-state index contributed by atoms with van der Waals surface area (Å²) in [6, 6.07) is 22.2. The molecule has 1 saturated heterocycles. The number of aryl methyl sites for hydroxylation is 1. The van der Waals surface area contributed by atoms with Crippen molar-refractivity contribution in [2.24, 2.45) is 0 Å². The molecule has 3 aromatic carbocycles. The van der Waals surface area contributed by atoms with Crippen LogP contribution in [0, 0.1) is 6.92 Å². The van der Waals surface area contributed by atoms with Gasteiger partial charge in [0, 0.05) is 26.0 Å². The van der Waals surface area contributed by atoms with E-state index in [-0.39, 0.29) is 12.2 Å². The highest BCUT2D eigenvalue weighted by Gasteiger charge is 2.33. The van der Waals surface area contributed by atoms with Crippen LogP contribution >= 0.6 is 0 Å². The number of hydrogen-bond donors (Lipinski definition) is 0. The lowest BCUT2D eigenvalue weighted by molar-refractivity contribution is -0.180. The summed E-state index contributed by atoms with van der Waals surface area (Å²) >= 11 is 0. The van der Waals surface area contributed by atoms with Gasteiger partial charge in [0.25, 0.3) is 0 Å². The maximum absolute atomic E-state index is 12.5. The van der Waals surface area contributed by atoms with Crippen molar-refractivity contribution in [3.63, 3.8) is 0 Å². The molecule has 0 spiro atoms. The van der Waals surface area contributed by atoms with E-state index in [1.54, 1.807) is 4.90 Å². The second-order valence-electron chi connectivity index (χ2n) is 10.3. The zero-order valence-electron chi connectivity index (χ0n) is 22.3. The molecule has 2 aliphatic heterocycles. The Labute approximate surface area is 224 Å². The molecule has 7 nitrogen and oxygen atoms in total. The van der Waals surface area contributed by atoms with E-state index in [0.29, 0.717) is 39.5 Å². The Kier molecular flexibility index (Phi) is 7.86. The molecule has 0 unspecified atom stereocenters. The van der Waals surface area contributed by atoms with Crippen molar-refractivity contribution in [1.29, 1.82) is 0 Å². The fourth-order valence-corrected chi connectivity index (χ4v) is 4.65. The minimum absolute atomic E-state index is 0.285. The molecular weight excluding hydrogens is 482 g/mol. The van der Waals surface area contributed by atoms with Gasteiger partial charge in [0.15, 0.2) is 0 Å². The highest BCUT2D eigenvalue weighted by Crippen LogP contribution is 2.35. The third-order valence-electron chi connectivity index (χ3n) is 6.72. The molecule has 0 aromatic heterocycles. The molecule has 1 fully saturated rings. The number of fused-ring (bicyclic) bond motifs is 1. The zero-order chi connectivity index (χ0) is 26.5. The third kappa shape index (κ3) is 6.65. The highest BCUT2D eigenvalue weighted by molar-refractivity contribution is 5.70. The first-order valence-corrected chi connectivity index (χ1v) is 13.1. The molecule has 0 saturated carbocycles. The van der Waals surface area contributed by atoms with Crippen LogP contribution in [0.3, 0.4) is 0 Å². The minimum Gasteiger partial charge on any atom is -0.491 e. The molecule has 5 rings (SSSR count). The van der Waals surface area contributed by atoms with Gasteiger partial charge in [0.2, 0.25) is 5.79 Å². The quantitative estimate of drug-likeness (QED) is 0.309. The lowest BCUT2D eigenvalue weighted by atomic mass is 10.0. The van der Waals surface area contributed by atoms with E-state index >= 15 is 0 Å². The lowest BCUT2D eigenvalue weighted by Gasteiger charge is -2.32. The molecule has 7 heteroatoms. The van der Waals surface area contributed by atoms with Crippen LogP contribution in [-0.2, 0) is 33.8 Å². The summed E-state index contributed by atoms with van der Waals surface area (Å²) in [6.45, 7) is 9.05. The number of carbonyl (C=O) groups excluding carboxylic acids is 1. The molecule has 0 radical (unpaired) electrons. The first-order chi connectivity index (χ1) is 18.3. The molecule has 1 atom stereocenters. The molecule has 2 aliphatic rings. The molecular formula is C31H35NO6. The van der Waals surface area contributed by atoms with Crippen LogP contribution in [0.25, 0.3) is 0 Å². The van der Waals surface area contributed by atoms with Gasteiger partial charge in [0.05, 0.1) is 26.4 Å². The molecule has 3 aromatic rings. The normalized spacial score (nSPS) is 18.0. The summed E-state index contributed by atoms with van der Waals surface area (Å²) in [5.74, 6) is 0.983. The number of hydrogen-bond acceptors (Lipinski definition) is 6. The first-order valence-electron chi connectivity index (χ1n) is 13.1. The van der Waals surface area contributed by atoms with Crippen molar-refractivity contribution in [3.8, 4) is 11.5 Å². The van der Waals surface area contributed by atoms with E-state index in [0.717, 1.165) is 34.6 Å². The van der Waals surface area contributed by atoms with Gasteiger partial charge < -0.3 is 28.6 Å². The predicted octanol–water partition coefficient (Wildman–Crippen LogP) is 5.97. The second kappa shape index (κ2) is 11.5. The standard InChI is InChI=1S/C31H35NO6/c1-22-5-4-6-24(17-22)20-34-15-16-35-27-10-7-23(8-11-27)13-14-32-19-29(37-30(32)33)25-9-12-28-26(18-25)21-36-31(2,3)38-28/h4-12,17-18,29H,13-16,19-21H2,1-3H3/t29-/m0/s1. The van der Waals surface area contributed by atoms with Crippen LogP contribution in [0.5, 0.6) is 11.5 Å². The van der Waals surface area contributed by atoms with E-state index in [9.17, 15) is 4.79 Å². The van der Waals surface area contributed by atoms with Gasteiger partial charge in [-0.2, -0.15) is 0 Å². The second-order valence-corrected chi connectivity index (χ2v) is 10.3. The molecule has 1 amide bonds. The maximum atomic E-state index is 12.5. The van der Waals surface area contributed by atoms with Crippen molar-refractivity contribution in [1.82, 2.24) is 4.90 Å². The van der Waals surface area contributed by atoms with Gasteiger partial charge in [-0.15, -0.1) is 0 Å². The number of ether oxygens (including phenoxy) is 5. The topological polar surface area (TPSA) is 66.5 Å². The van der Waals surface area contributed by atoms with Gasteiger partial charge in [-0.3, -0.25) is 0 Å². The largest absolute Gasteiger partial charge is 0.491 e. The van der Waals surface area contributed by atoms with Crippen LogP contribution in [0.1, 0.15) is 47.8 Å². The van der Waals surface area contributed by atoms with Gasteiger partial charge in [-0.05, 0) is 54.3 Å². The van der Waals surface area contributed by atoms with E-state index in [4.69, 9.17) is 23.7 Å². The number of benzene rings is 3. The summed E-state index contributed by atoms with van der Waals surface area (Å²) in [4.78, 5) is 14.3. The van der Waals surface area contributed by atoms with E-state index in [2.05, 4.69) is 25.1 Å². The molecule has 0 aliphatic carbocycles. The number of cyclic esters (lactones) is 1. The SMILES string of the molecule is Cc1cccc(COCCOc2ccc(CCN3C[C@@H](c4ccc5c(c4)COC(C)(C)O5)OC3=O)cc2)c1. The smallest absolute Gasteiger partial charge is 0.410 e. The number of rotatable bonds is 10. The summed E-state index contributed by atoms with van der Waals surface area (Å²) in [5, 5.41) is 0. The summed E-state index contributed by atoms with van der Waals surface area (Å²) < 4.78 is 28.8. The number of carbonyl (C=O) groups is 1. The monoisotopic (exact) mass is 517 g/mol. The predicted molar refractivity (Wildman–Crippen MR) is 143 cm³/mol. The highest BCUT2D eigenvalue weighted by atomic mass is 16.7.